The van der Waals surface area contributed by atoms with Crippen molar-refractivity contribution < 1.29 is 0 Å². The van der Waals surface area contributed by atoms with Crippen LogP contribution in [0.25, 0.3) is 45.2 Å². The molecule has 0 radical (unpaired) electrons. The molecule has 0 saturated carbocycles. The minimum atomic E-state index is -0.0639. The van der Waals surface area contributed by atoms with E-state index in [0.29, 0.717) is 0 Å². The molecule has 0 fully saturated rings. The summed E-state index contributed by atoms with van der Waals surface area (Å²) >= 11 is 9.64. The average molecular weight is 1110 g/mol. The summed E-state index contributed by atoms with van der Waals surface area (Å²) in [4.78, 5) is 2.39. The van der Waals surface area contributed by atoms with Gasteiger partial charge in [-0.25, -0.2) is 0 Å². The molecule has 0 aliphatic heterocycles. The molecule has 326 valence electrons. The molecule has 4 heteroatoms. The highest BCUT2D eigenvalue weighted by molar-refractivity contribution is 14.1. The molecule has 67 heavy (non-hydrogen) atoms. The van der Waals surface area contributed by atoms with E-state index in [2.05, 4.69) is 299 Å². The first-order valence-corrected chi connectivity index (χ1v) is 25.4. The second kappa shape index (κ2) is 18.7. The molecule has 9 aromatic rings. The molecule has 3 aliphatic carbocycles. The van der Waals surface area contributed by atoms with Gasteiger partial charge in [0.2, 0.25) is 0 Å². The zero-order chi connectivity index (χ0) is 46.3. The van der Waals surface area contributed by atoms with Gasteiger partial charge < -0.3 is 4.90 Å². The molecule has 0 bridgehead atoms. The van der Waals surface area contributed by atoms with E-state index < -0.39 is 0 Å². The van der Waals surface area contributed by atoms with Crippen LogP contribution in [-0.4, -0.2) is 0 Å². The topological polar surface area (TPSA) is 3.24 Å². The summed E-state index contributed by atoms with van der Waals surface area (Å²) in [5, 5.41) is 4.99. The summed E-state index contributed by atoms with van der Waals surface area (Å²) < 4.78 is 3.59. The number of hydrogen-bond donors (Lipinski definition) is 0. The van der Waals surface area contributed by atoms with Crippen LogP contribution in [0.3, 0.4) is 0 Å². The average Bonchev–Trinajstić information content (AvgIpc) is 3.70. The second-order valence-corrected chi connectivity index (χ2v) is 21.5. The molecular weight excluding hydrogens is 1060 g/mol. The highest BCUT2D eigenvalue weighted by Crippen LogP contribution is 2.52. The van der Waals surface area contributed by atoms with Crippen molar-refractivity contribution in [2.24, 2.45) is 0 Å². The molecule has 0 saturated heterocycles. The van der Waals surface area contributed by atoms with Gasteiger partial charge in [-0.1, -0.05) is 169 Å². The van der Waals surface area contributed by atoms with E-state index in [4.69, 9.17) is 0 Å². The Bertz CT molecular complexity index is 3420. The molecule has 3 aliphatic rings. The Balaban J connectivity index is 0.000000130. The maximum atomic E-state index is 3.67. The largest absolute Gasteiger partial charge is 0.310 e. The highest BCUT2D eigenvalue weighted by atomic mass is 127. The number of benzene rings is 9. The van der Waals surface area contributed by atoms with Crippen molar-refractivity contribution in [3.05, 3.63) is 263 Å². The maximum Gasteiger partial charge on any atom is 0.155 e. The van der Waals surface area contributed by atoms with E-state index in [9.17, 15) is 0 Å². The lowest BCUT2D eigenvalue weighted by Gasteiger charge is -2.29. The lowest BCUT2D eigenvalue weighted by molar-refractivity contribution is 0.659. The molecule has 0 aromatic heterocycles. The SMILES string of the molecule is CC1(C)c2cc(Br)ccc2-c2ccc(I)cc21.CC1(C)c2cc(Br)ccc2-c2ccc(N(c3ccccc3)c3cccc4ccccc34)cc21.[C+]1=c2cccc(Cc3ccccc3)c2=CC=C1. The number of rotatable bonds is 5. The third-order valence-corrected chi connectivity index (χ3v) is 15.2. The summed E-state index contributed by atoms with van der Waals surface area (Å²) in [6, 6.07) is 69.8. The van der Waals surface area contributed by atoms with Crippen LogP contribution in [0.15, 0.2) is 215 Å². The van der Waals surface area contributed by atoms with Gasteiger partial charge in [0.25, 0.3) is 0 Å². The van der Waals surface area contributed by atoms with Crippen LogP contribution in [-0.2, 0) is 17.3 Å². The zero-order valence-corrected chi connectivity index (χ0v) is 43.3. The third kappa shape index (κ3) is 8.78. The maximum absolute atomic E-state index is 3.67. The molecule has 0 N–H and O–H groups in total. The molecule has 0 atom stereocenters. The number of allylic oxidation sites excluding steroid dienone is 2. The van der Waals surface area contributed by atoms with Crippen molar-refractivity contribution in [2.75, 3.05) is 4.90 Å². The summed E-state index contributed by atoms with van der Waals surface area (Å²) in [5.74, 6) is 0. The number of halogens is 3. The Labute approximate surface area is 425 Å². The lowest BCUT2D eigenvalue weighted by Crippen LogP contribution is -2.29. The molecule has 0 amide bonds. The van der Waals surface area contributed by atoms with Gasteiger partial charge in [0.1, 0.15) is 0 Å². The number of fused-ring (bicyclic) bond motifs is 8. The van der Waals surface area contributed by atoms with Gasteiger partial charge >= 0.3 is 0 Å². The predicted molar refractivity (Wildman–Crippen MR) is 300 cm³/mol. The van der Waals surface area contributed by atoms with Crippen molar-refractivity contribution in [2.45, 2.75) is 44.9 Å². The first-order valence-electron chi connectivity index (χ1n) is 22.8. The molecule has 9 aromatic carbocycles. The predicted octanol–water partition coefficient (Wildman–Crippen LogP) is 17.0. The standard InChI is InChI=1S/C31H24BrN.C17H13.C15H12BrI/c1-31(2)28-19-22(32)15-17-26(28)27-18-16-24(20-29(27)31)33(23-11-4-3-5-12-23)30-14-8-10-21-9-6-7-13-25(21)30;1-2-7-14(8-3-1)13-16-11-6-10-15-9-4-5-12-17(15)16;1-15(2)13-7-9(16)3-5-11(13)12-6-4-10(17)8-14(12)15/h3-20H,1-2H3;1-8,10-12H,13H2;3-8H,1-2H3/q;+1;. The van der Waals surface area contributed by atoms with Crippen molar-refractivity contribution >= 4 is 94.4 Å². The Morgan fingerprint density at radius 1 is 0.507 bits per heavy atom. The molecule has 12 rings (SSSR count). The van der Waals surface area contributed by atoms with Gasteiger partial charge in [-0.15, -0.1) is 0 Å². The van der Waals surface area contributed by atoms with Crippen molar-refractivity contribution in [3.63, 3.8) is 0 Å². The quantitative estimate of drug-likeness (QED) is 0.123. The molecule has 0 spiro atoms. The van der Waals surface area contributed by atoms with Crippen LogP contribution >= 0.6 is 54.5 Å². The lowest BCUT2D eigenvalue weighted by atomic mass is 9.82. The van der Waals surface area contributed by atoms with Crippen molar-refractivity contribution in [1.29, 1.82) is 0 Å². The summed E-state index contributed by atoms with van der Waals surface area (Å²) in [6.45, 7) is 9.28. The first kappa shape index (κ1) is 44.9. The number of para-hydroxylation sites is 1. The number of nitrogens with zero attached hydrogens (tertiary/aromatic N) is 1. The molecule has 0 heterocycles. The Morgan fingerprint density at radius 2 is 1.06 bits per heavy atom. The highest BCUT2D eigenvalue weighted by Gasteiger charge is 2.37. The Kier molecular flexibility index (Phi) is 12.5. The second-order valence-electron chi connectivity index (χ2n) is 18.4. The van der Waals surface area contributed by atoms with Crippen LogP contribution in [0.4, 0.5) is 17.1 Å². The van der Waals surface area contributed by atoms with Gasteiger partial charge in [0.15, 0.2) is 5.22 Å². The molecule has 1 nitrogen and oxygen atoms in total. The Morgan fingerprint density at radius 3 is 1.75 bits per heavy atom. The van der Waals surface area contributed by atoms with E-state index in [0.717, 1.165) is 21.1 Å². The van der Waals surface area contributed by atoms with Gasteiger partial charge in [-0.05, 0) is 157 Å². The van der Waals surface area contributed by atoms with Crippen molar-refractivity contribution in [1.82, 2.24) is 0 Å². The fraction of sp³-hybridized carbons (Fsp3) is 0.111. The normalized spacial score (nSPS) is 13.7. The number of anilines is 3. The Hall–Kier alpha value is -5.88. The zero-order valence-electron chi connectivity index (χ0n) is 38.0. The van der Waals surface area contributed by atoms with E-state index in [1.165, 1.54) is 91.8 Å². The van der Waals surface area contributed by atoms with E-state index in [1.807, 2.05) is 6.08 Å². The van der Waals surface area contributed by atoms with Crippen LogP contribution in [0, 0.1) is 3.57 Å². The van der Waals surface area contributed by atoms with Gasteiger partial charge in [0.05, 0.1) is 17.0 Å². The van der Waals surface area contributed by atoms with Gasteiger partial charge in [-0.2, -0.15) is 0 Å². The smallest absolute Gasteiger partial charge is 0.155 e. The van der Waals surface area contributed by atoms with E-state index in [-0.39, 0.29) is 10.8 Å². The monoisotopic (exact) mass is 1100 g/mol. The minimum absolute atomic E-state index is 0.0639. The van der Waals surface area contributed by atoms with Crippen LogP contribution < -0.4 is 15.3 Å². The number of hydrogen-bond acceptors (Lipinski definition) is 1. The van der Waals surface area contributed by atoms with Crippen molar-refractivity contribution in [3.8, 4) is 22.3 Å². The van der Waals surface area contributed by atoms with Crippen LogP contribution in [0.5, 0.6) is 0 Å². The fourth-order valence-electron chi connectivity index (χ4n) is 10.1. The minimum Gasteiger partial charge on any atom is -0.310 e. The van der Waals surface area contributed by atoms with Gasteiger partial charge in [-0.3, -0.25) is 0 Å². The van der Waals surface area contributed by atoms with Crippen LogP contribution in [0.1, 0.15) is 61.1 Å². The summed E-state index contributed by atoms with van der Waals surface area (Å²) in [7, 11) is 0. The van der Waals surface area contributed by atoms with E-state index in [1.54, 1.807) is 0 Å². The molecule has 0 unspecified atom stereocenters. The molecular formula is C63H49Br2IN+. The third-order valence-electron chi connectivity index (χ3n) is 13.5. The van der Waals surface area contributed by atoms with Crippen LogP contribution in [0.2, 0.25) is 0 Å². The van der Waals surface area contributed by atoms with Gasteiger partial charge in [0, 0.05) is 76.4 Å². The first-order chi connectivity index (χ1) is 32.5. The summed E-state index contributed by atoms with van der Waals surface area (Å²) in [6.07, 6.45) is 10.4. The summed E-state index contributed by atoms with van der Waals surface area (Å²) in [5.41, 5.74) is 17.3. The van der Waals surface area contributed by atoms with E-state index >= 15 is 0 Å². The fourth-order valence-corrected chi connectivity index (χ4v) is 11.3.